The van der Waals surface area contributed by atoms with Crippen LogP contribution in [0.25, 0.3) is 10.8 Å². The molecule has 0 radical (unpaired) electrons. The first-order chi connectivity index (χ1) is 11.2. The lowest BCUT2D eigenvalue weighted by atomic mass is 10.1. The molecular formula is C19H20IN3O. The number of fused-ring (bicyclic) bond motifs is 1. The van der Waals surface area contributed by atoms with Crippen molar-refractivity contribution in [1.29, 1.82) is 0 Å². The minimum atomic E-state index is 0. The van der Waals surface area contributed by atoms with E-state index in [0.717, 1.165) is 17.0 Å². The number of nitrogens with two attached hydrogens (primary N) is 1. The molecule has 0 aliphatic heterocycles. The Balaban J connectivity index is 0.00000208. The molecule has 3 N–H and O–H groups in total. The highest BCUT2D eigenvalue weighted by Gasteiger charge is 1.99. The zero-order valence-corrected chi connectivity index (χ0v) is 15.7. The molecule has 0 bridgehead atoms. The van der Waals surface area contributed by atoms with Crippen molar-refractivity contribution in [2.45, 2.75) is 6.54 Å². The van der Waals surface area contributed by atoms with E-state index in [1.54, 1.807) is 7.11 Å². The van der Waals surface area contributed by atoms with Gasteiger partial charge in [-0.25, -0.2) is 4.99 Å². The minimum Gasteiger partial charge on any atom is -0.497 e. The molecule has 0 aromatic heterocycles. The van der Waals surface area contributed by atoms with Gasteiger partial charge in [0.05, 0.1) is 13.7 Å². The van der Waals surface area contributed by atoms with E-state index in [0.29, 0.717) is 12.5 Å². The number of rotatable bonds is 4. The first-order valence-electron chi connectivity index (χ1n) is 7.43. The molecular weight excluding hydrogens is 413 g/mol. The molecule has 0 spiro atoms. The maximum atomic E-state index is 5.96. The average molecular weight is 433 g/mol. The van der Waals surface area contributed by atoms with Gasteiger partial charge in [0.1, 0.15) is 5.75 Å². The number of halogens is 1. The smallest absolute Gasteiger partial charge is 0.193 e. The molecule has 24 heavy (non-hydrogen) atoms. The standard InChI is InChI=1S/C19H19N3O.HI/c1-23-18-8-4-7-17(12-18)22-19(20)21-13-14-9-10-15-5-2-3-6-16(15)11-14;/h2-12H,13H2,1H3,(H3,20,21,22);1H. The number of nitrogens with one attached hydrogen (secondary N) is 1. The molecule has 0 heterocycles. The second-order valence-electron chi connectivity index (χ2n) is 5.24. The van der Waals surface area contributed by atoms with Crippen molar-refractivity contribution in [3.8, 4) is 5.75 Å². The summed E-state index contributed by atoms with van der Waals surface area (Å²) in [6, 6.07) is 22.2. The van der Waals surface area contributed by atoms with Crippen LogP contribution in [0, 0.1) is 0 Å². The maximum Gasteiger partial charge on any atom is 0.193 e. The molecule has 0 unspecified atom stereocenters. The van der Waals surface area contributed by atoms with Gasteiger partial charge in [-0.15, -0.1) is 24.0 Å². The third-order valence-corrected chi connectivity index (χ3v) is 3.59. The lowest BCUT2D eigenvalue weighted by Crippen LogP contribution is -2.22. The molecule has 0 aliphatic rings. The highest BCUT2D eigenvalue weighted by Crippen LogP contribution is 2.17. The summed E-state index contributed by atoms with van der Waals surface area (Å²) in [6.45, 7) is 0.535. The molecule has 0 fully saturated rings. The van der Waals surface area contributed by atoms with Crippen molar-refractivity contribution in [3.63, 3.8) is 0 Å². The van der Waals surface area contributed by atoms with Gasteiger partial charge in [-0.05, 0) is 34.5 Å². The van der Waals surface area contributed by atoms with Crippen LogP contribution in [0.1, 0.15) is 5.56 Å². The first-order valence-corrected chi connectivity index (χ1v) is 7.43. The second kappa shape index (κ2) is 8.54. The van der Waals surface area contributed by atoms with E-state index < -0.39 is 0 Å². The number of hydrogen-bond acceptors (Lipinski definition) is 2. The molecule has 5 heteroatoms. The number of anilines is 1. The Morgan fingerprint density at radius 3 is 2.58 bits per heavy atom. The second-order valence-corrected chi connectivity index (χ2v) is 5.24. The number of nitrogens with zero attached hydrogens (tertiary/aromatic N) is 1. The number of hydrogen-bond donors (Lipinski definition) is 2. The van der Waals surface area contributed by atoms with Crippen molar-refractivity contribution in [2.24, 2.45) is 10.7 Å². The maximum absolute atomic E-state index is 5.96. The third-order valence-electron chi connectivity index (χ3n) is 3.59. The van der Waals surface area contributed by atoms with E-state index in [4.69, 9.17) is 10.5 Å². The quantitative estimate of drug-likeness (QED) is 0.365. The van der Waals surface area contributed by atoms with Gasteiger partial charge in [-0.3, -0.25) is 0 Å². The molecule has 4 nitrogen and oxygen atoms in total. The van der Waals surface area contributed by atoms with Crippen molar-refractivity contribution in [1.82, 2.24) is 0 Å². The van der Waals surface area contributed by atoms with Crippen LogP contribution in [0.2, 0.25) is 0 Å². The fraction of sp³-hybridized carbons (Fsp3) is 0.105. The Labute approximate surface area is 158 Å². The molecule has 0 amide bonds. The van der Waals surface area contributed by atoms with Crippen LogP contribution >= 0.6 is 24.0 Å². The largest absolute Gasteiger partial charge is 0.497 e. The van der Waals surface area contributed by atoms with Gasteiger partial charge in [0, 0.05) is 11.8 Å². The van der Waals surface area contributed by atoms with Gasteiger partial charge in [0.15, 0.2) is 5.96 Å². The number of ether oxygens (including phenoxy) is 1. The summed E-state index contributed by atoms with van der Waals surface area (Å²) >= 11 is 0. The van der Waals surface area contributed by atoms with Gasteiger partial charge in [0.25, 0.3) is 0 Å². The topological polar surface area (TPSA) is 59.6 Å². The third kappa shape index (κ3) is 4.61. The predicted octanol–water partition coefficient (Wildman–Crippen LogP) is 4.39. The molecule has 3 aromatic carbocycles. The summed E-state index contributed by atoms with van der Waals surface area (Å²) in [5.41, 5.74) is 7.93. The zero-order valence-electron chi connectivity index (χ0n) is 13.4. The summed E-state index contributed by atoms with van der Waals surface area (Å²) in [5.74, 6) is 1.16. The summed E-state index contributed by atoms with van der Waals surface area (Å²) in [7, 11) is 1.64. The van der Waals surface area contributed by atoms with Gasteiger partial charge in [-0.2, -0.15) is 0 Å². The molecule has 124 valence electrons. The summed E-state index contributed by atoms with van der Waals surface area (Å²) in [5, 5.41) is 5.50. The Bertz CT molecular complexity index is 849. The summed E-state index contributed by atoms with van der Waals surface area (Å²) in [6.07, 6.45) is 0. The fourth-order valence-electron chi connectivity index (χ4n) is 2.40. The monoisotopic (exact) mass is 433 g/mol. The van der Waals surface area contributed by atoms with E-state index >= 15 is 0 Å². The van der Waals surface area contributed by atoms with Crippen LogP contribution < -0.4 is 15.8 Å². The minimum absolute atomic E-state index is 0. The lowest BCUT2D eigenvalue weighted by molar-refractivity contribution is 0.415. The van der Waals surface area contributed by atoms with E-state index in [1.165, 1.54) is 10.8 Å². The van der Waals surface area contributed by atoms with Gasteiger partial charge >= 0.3 is 0 Å². The van der Waals surface area contributed by atoms with Crippen LogP contribution in [-0.2, 0) is 6.54 Å². The molecule has 0 aliphatic carbocycles. The van der Waals surface area contributed by atoms with Crippen molar-refractivity contribution >= 4 is 46.4 Å². The summed E-state index contributed by atoms with van der Waals surface area (Å²) in [4.78, 5) is 4.39. The van der Waals surface area contributed by atoms with Gasteiger partial charge in [0.2, 0.25) is 0 Å². The van der Waals surface area contributed by atoms with Crippen LogP contribution in [0.4, 0.5) is 5.69 Å². The number of guanidine groups is 1. The van der Waals surface area contributed by atoms with Crippen LogP contribution in [-0.4, -0.2) is 13.1 Å². The van der Waals surface area contributed by atoms with Gasteiger partial charge < -0.3 is 15.8 Å². The molecule has 0 saturated carbocycles. The molecule has 0 atom stereocenters. The fourth-order valence-corrected chi connectivity index (χ4v) is 2.40. The number of methoxy groups -OCH3 is 1. The van der Waals surface area contributed by atoms with Crippen molar-refractivity contribution in [2.75, 3.05) is 12.4 Å². The predicted molar refractivity (Wildman–Crippen MR) is 111 cm³/mol. The average Bonchev–Trinajstić information content (AvgIpc) is 2.60. The van der Waals surface area contributed by atoms with Crippen molar-refractivity contribution < 1.29 is 4.74 Å². The number of benzene rings is 3. The Morgan fingerprint density at radius 1 is 1.00 bits per heavy atom. The van der Waals surface area contributed by atoms with E-state index in [9.17, 15) is 0 Å². The van der Waals surface area contributed by atoms with E-state index in [1.807, 2.05) is 36.4 Å². The van der Waals surface area contributed by atoms with E-state index in [-0.39, 0.29) is 24.0 Å². The zero-order chi connectivity index (χ0) is 16.1. The molecule has 0 saturated heterocycles. The highest BCUT2D eigenvalue weighted by molar-refractivity contribution is 14.0. The normalized spacial score (nSPS) is 11.0. The van der Waals surface area contributed by atoms with Crippen molar-refractivity contribution in [3.05, 3.63) is 72.3 Å². The Hall–Kier alpha value is -2.28. The lowest BCUT2D eigenvalue weighted by Gasteiger charge is -2.07. The SMILES string of the molecule is COc1cccc(NC(N)=NCc2ccc3ccccc3c2)c1.I. The Kier molecular flexibility index (Phi) is 6.43. The van der Waals surface area contributed by atoms with Crippen LogP contribution in [0.3, 0.4) is 0 Å². The first kappa shape index (κ1) is 18.1. The molecule has 3 aromatic rings. The summed E-state index contributed by atoms with van der Waals surface area (Å²) < 4.78 is 5.19. The van der Waals surface area contributed by atoms with Crippen LogP contribution in [0.5, 0.6) is 5.75 Å². The van der Waals surface area contributed by atoms with Gasteiger partial charge in [-0.1, -0.05) is 42.5 Å². The van der Waals surface area contributed by atoms with Crippen LogP contribution in [0.15, 0.2) is 71.7 Å². The number of aliphatic imine (C=N–C) groups is 1. The highest BCUT2D eigenvalue weighted by atomic mass is 127. The molecule has 3 rings (SSSR count). The Morgan fingerprint density at radius 2 is 1.79 bits per heavy atom. The van der Waals surface area contributed by atoms with E-state index in [2.05, 4.69) is 40.6 Å².